The average molecular weight is 336 g/mol. The molecule has 3 nitrogen and oxygen atoms in total. The second-order valence-electron chi connectivity index (χ2n) is 5.07. The molecule has 0 amide bonds. The minimum absolute atomic E-state index is 0.262. The van der Waals surface area contributed by atoms with Crippen LogP contribution in [0.3, 0.4) is 0 Å². The Hall–Kier alpha value is -1.33. The summed E-state index contributed by atoms with van der Waals surface area (Å²) in [6.07, 6.45) is 1.03. The van der Waals surface area contributed by atoms with Gasteiger partial charge in [-0.25, -0.2) is 14.4 Å². The molecule has 1 atom stereocenters. The van der Waals surface area contributed by atoms with Crippen LogP contribution in [0.15, 0.2) is 28.7 Å². The molecule has 1 fully saturated rings. The van der Waals surface area contributed by atoms with Gasteiger partial charge in [0.05, 0.1) is 5.69 Å². The Bertz CT molecular complexity index is 639. The van der Waals surface area contributed by atoms with Crippen molar-refractivity contribution in [1.82, 2.24) is 15.3 Å². The van der Waals surface area contributed by atoms with Gasteiger partial charge in [-0.15, -0.1) is 0 Å². The summed E-state index contributed by atoms with van der Waals surface area (Å²) in [7, 11) is 0. The van der Waals surface area contributed by atoms with Gasteiger partial charge in [0.25, 0.3) is 0 Å². The fraction of sp³-hybridized carbons (Fsp3) is 0.333. The highest BCUT2D eigenvalue weighted by atomic mass is 79.9. The molecule has 1 aliphatic heterocycles. The maximum atomic E-state index is 14.0. The molecule has 5 heteroatoms. The highest BCUT2D eigenvalue weighted by Gasteiger charge is 2.21. The van der Waals surface area contributed by atoms with Gasteiger partial charge in [-0.05, 0) is 44.2 Å². The van der Waals surface area contributed by atoms with Gasteiger partial charge in [0.15, 0.2) is 0 Å². The molecule has 1 aliphatic rings. The van der Waals surface area contributed by atoms with Gasteiger partial charge in [0.1, 0.15) is 11.6 Å². The second-order valence-corrected chi connectivity index (χ2v) is 5.98. The summed E-state index contributed by atoms with van der Waals surface area (Å²) in [5, 5.41) is 3.31. The highest BCUT2D eigenvalue weighted by Crippen LogP contribution is 2.27. The SMILES string of the molecule is Cc1cc(-c2cc(Br)ccc2F)nc(C2CCNC2)n1. The molecule has 0 spiro atoms. The van der Waals surface area contributed by atoms with Crippen molar-refractivity contribution in [2.45, 2.75) is 19.3 Å². The van der Waals surface area contributed by atoms with Gasteiger partial charge in [0, 0.05) is 28.2 Å². The Morgan fingerprint density at radius 2 is 2.15 bits per heavy atom. The molecule has 3 rings (SSSR count). The van der Waals surface area contributed by atoms with E-state index in [1.807, 2.05) is 13.0 Å². The summed E-state index contributed by atoms with van der Waals surface area (Å²) in [5.74, 6) is 0.870. The summed E-state index contributed by atoms with van der Waals surface area (Å²) >= 11 is 3.38. The van der Waals surface area contributed by atoms with Crippen molar-refractivity contribution in [3.8, 4) is 11.3 Å². The number of halogens is 2. The number of aromatic nitrogens is 2. The van der Waals surface area contributed by atoms with Crippen LogP contribution in [0.25, 0.3) is 11.3 Å². The quantitative estimate of drug-likeness (QED) is 0.913. The Balaban J connectivity index is 2.06. The molecule has 1 saturated heterocycles. The summed E-state index contributed by atoms with van der Waals surface area (Å²) in [6, 6.07) is 6.73. The van der Waals surface area contributed by atoms with E-state index in [-0.39, 0.29) is 5.82 Å². The standard InChI is InChI=1S/C15H15BrFN3/c1-9-6-14(12-7-11(16)2-3-13(12)17)20-15(19-9)10-4-5-18-8-10/h2-3,6-7,10,18H,4-5,8H2,1H3. The van der Waals surface area contributed by atoms with Crippen LogP contribution < -0.4 is 5.32 Å². The van der Waals surface area contributed by atoms with E-state index in [0.29, 0.717) is 17.2 Å². The molecular weight excluding hydrogens is 321 g/mol. The third kappa shape index (κ3) is 2.74. The maximum absolute atomic E-state index is 14.0. The zero-order chi connectivity index (χ0) is 14.1. The van der Waals surface area contributed by atoms with Crippen molar-refractivity contribution in [2.75, 3.05) is 13.1 Å². The first-order valence-electron chi connectivity index (χ1n) is 6.65. The highest BCUT2D eigenvalue weighted by molar-refractivity contribution is 9.10. The van der Waals surface area contributed by atoms with Crippen LogP contribution in [-0.4, -0.2) is 23.1 Å². The minimum Gasteiger partial charge on any atom is -0.316 e. The molecule has 0 saturated carbocycles. The molecule has 0 radical (unpaired) electrons. The van der Waals surface area contributed by atoms with Crippen molar-refractivity contribution in [2.24, 2.45) is 0 Å². The number of hydrogen-bond acceptors (Lipinski definition) is 3. The molecule has 1 N–H and O–H groups in total. The zero-order valence-corrected chi connectivity index (χ0v) is 12.7. The zero-order valence-electron chi connectivity index (χ0n) is 11.2. The third-order valence-electron chi connectivity index (χ3n) is 3.50. The van der Waals surface area contributed by atoms with E-state index >= 15 is 0 Å². The lowest BCUT2D eigenvalue weighted by Crippen LogP contribution is -2.11. The van der Waals surface area contributed by atoms with Gasteiger partial charge in [-0.3, -0.25) is 0 Å². The largest absolute Gasteiger partial charge is 0.316 e. The molecule has 0 aliphatic carbocycles. The Labute approximate surface area is 125 Å². The minimum atomic E-state index is -0.262. The molecule has 1 aromatic carbocycles. The lowest BCUT2D eigenvalue weighted by atomic mass is 10.1. The first kappa shape index (κ1) is 13.6. The lowest BCUT2D eigenvalue weighted by Gasteiger charge is -2.11. The van der Waals surface area contributed by atoms with Crippen LogP contribution in [0, 0.1) is 12.7 Å². The number of nitrogens with zero attached hydrogens (tertiary/aromatic N) is 2. The second kappa shape index (κ2) is 5.58. The number of benzene rings is 1. The maximum Gasteiger partial charge on any atom is 0.133 e. The summed E-state index contributed by atoms with van der Waals surface area (Å²) in [4.78, 5) is 9.08. The first-order valence-corrected chi connectivity index (χ1v) is 7.44. The van der Waals surface area contributed by atoms with E-state index in [4.69, 9.17) is 0 Å². The molecule has 104 valence electrons. The van der Waals surface area contributed by atoms with Crippen molar-refractivity contribution in [3.05, 3.63) is 46.1 Å². The van der Waals surface area contributed by atoms with Gasteiger partial charge >= 0.3 is 0 Å². The molecule has 2 aromatic rings. The summed E-state index contributed by atoms with van der Waals surface area (Å²) in [6.45, 7) is 3.80. The number of rotatable bonds is 2. The van der Waals surface area contributed by atoms with Crippen LogP contribution in [0.1, 0.15) is 23.9 Å². The summed E-state index contributed by atoms with van der Waals surface area (Å²) < 4.78 is 14.8. The number of nitrogens with one attached hydrogen (secondary N) is 1. The topological polar surface area (TPSA) is 37.8 Å². The Morgan fingerprint density at radius 1 is 1.30 bits per heavy atom. The van der Waals surface area contributed by atoms with Gasteiger partial charge in [-0.2, -0.15) is 0 Å². The van der Waals surface area contributed by atoms with E-state index in [9.17, 15) is 4.39 Å². The predicted molar refractivity (Wildman–Crippen MR) is 80.1 cm³/mol. The van der Waals surface area contributed by atoms with Crippen LogP contribution in [0.5, 0.6) is 0 Å². The summed E-state index contributed by atoms with van der Waals surface area (Å²) in [5.41, 5.74) is 2.03. The number of aryl methyl sites for hydroxylation is 1. The fourth-order valence-corrected chi connectivity index (χ4v) is 2.84. The average Bonchev–Trinajstić information content (AvgIpc) is 2.95. The normalized spacial score (nSPS) is 18.4. The molecule has 2 heterocycles. The van der Waals surface area contributed by atoms with Crippen molar-refractivity contribution < 1.29 is 4.39 Å². The molecular formula is C15H15BrFN3. The van der Waals surface area contributed by atoms with E-state index in [1.165, 1.54) is 6.07 Å². The van der Waals surface area contributed by atoms with Crippen LogP contribution in [-0.2, 0) is 0 Å². The monoisotopic (exact) mass is 335 g/mol. The van der Waals surface area contributed by atoms with Crippen molar-refractivity contribution in [1.29, 1.82) is 0 Å². The van der Waals surface area contributed by atoms with Gasteiger partial charge in [0.2, 0.25) is 0 Å². The Morgan fingerprint density at radius 3 is 2.90 bits per heavy atom. The molecule has 1 aromatic heterocycles. The first-order chi connectivity index (χ1) is 9.63. The number of hydrogen-bond donors (Lipinski definition) is 1. The van der Waals surface area contributed by atoms with Crippen LogP contribution in [0.4, 0.5) is 4.39 Å². The van der Waals surface area contributed by atoms with Crippen molar-refractivity contribution in [3.63, 3.8) is 0 Å². The molecule has 1 unspecified atom stereocenters. The van der Waals surface area contributed by atoms with Gasteiger partial charge in [-0.1, -0.05) is 15.9 Å². The van der Waals surface area contributed by atoms with Crippen LogP contribution in [0.2, 0.25) is 0 Å². The molecule has 0 bridgehead atoms. The van der Waals surface area contributed by atoms with Crippen LogP contribution >= 0.6 is 15.9 Å². The van der Waals surface area contributed by atoms with E-state index in [1.54, 1.807) is 12.1 Å². The van der Waals surface area contributed by atoms with E-state index in [0.717, 1.165) is 35.5 Å². The third-order valence-corrected chi connectivity index (χ3v) is 3.99. The lowest BCUT2D eigenvalue weighted by molar-refractivity contribution is 0.629. The van der Waals surface area contributed by atoms with Crippen molar-refractivity contribution >= 4 is 15.9 Å². The van der Waals surface area contributed by atoms with E-state index in [2.05, 4.69) is 31.2 Å². The Kier molecular flexibility index (Phi) is 3.81. The smallest absolute Gasteiger partial charge is 0.133 e. The van der Waals surface area contributed by atoms with Gasteiger partial charge < -0.3 is 5.32 Å². The fourth-order valence-electron chi connectivity index (χ4n) is 2.48. The molecule has 20 heavy (non-hydrogen) atoms. The van der Waals surface area contributed by atoms with E-state index < -0.39 is 0 Å². The predicted octanol–water partition coefficient (Wildman–Crippen LogP) is 3.43.